The van der Waals surface area contributed by atoms with Crippen LogP contribution in [0, 0.1) is 5.92 Å². The second kappa shape index (κ2) is 7.77. The lowest BCUT2D eigenvalue weighted by Crippen LogP contribution is -2.41. The molecule has 0 bridgehead atoms. The topological polar surface area (TPSA) is 66.4 Å². The lowest BCUT2D eigenvalue weighted by atomic mass is 9.98. The minimum absolute atomic E-state index is 0.0620. The van der Waals surface area contributed by atoms with E-state index in [1.165, 1.54) is 6.07 Å². The van der Waals surface area contributed by atoms with Gasteiger partial charge in [0.1, 0.15) is 5.82 Å². The molecule has 5 nitrogen and oxygen atoms in total. The number of carbonyl (C=O) groups is 1. The first-order valence-electron chi connectivity index (χ1n) is 8.54. The van der Waals surface area contributed by atoms with Gasteiger partial charge in [0.15, 0.2) is 0 Å². The third-order valence-corrected chi connectivity index (χ3v) is 4.37. The Labute approximate surface area is 154 Å². The van der Waals surface area contributed by atoms with Gasteiger partial charge in [-0.05, 0) is 42.7 Å². The highest BCUT2D eigenvalue weighted by Gasteiger charge is 2.30. The van der Waals surface area contributed by atoms with E-state index in [2.05, 4.69) is 20.8 Å². The Balaban J connectivity index is 1.72. The Kier molecular flexibility index (Phi) is 5.43. The number of alkyl halides is 3. The van der Waals surface area contributed by atoms with E-state index in [0.29, 0.717) is 30.8 Å². The van der Waals surface area contributed by atoms with Crippen molar-refractivity contribution < 1.29 is 18.0 Å². The Morgan fingerprint density at radius 3 is 2.81 bits per heavy atom. The SMILES string of the molecule is CC1C(=O)NCC/C1=N/Nc1cc(Cc2cccc(C(F)(F)F)c2)ccn1. The molecule has 8 heteroatoms. The molecule has 1 saturated heterocycles. The van der Waals surface area contributed by atoms with Crippen molar-refractivity contribution in [2.24, 2.45) is 11.0 Å². The third kappa shape index (κ3) is 4.84. The Morgan fingerprint density at radius 1 is 1.26 bits per heavy atom. The van der Waals surface area contributed by atoms with Crippen molar-refractivity contribution in [2.45, 2.75) is 25.9 Å². The molecule has 1 aromatic carbocycles. The van der Waals surface area contributed by atoms with Crippen LogP contribution in [0.2, 0.25) is 0 Å². The summed E-state index contributed by atoms with van der Waals surface area (Å²) < 4.78 is 38.5. The molecule has 1 aliphatic heterocycles. The number of amides is 1. The largest absolute Gasteiger partial charge is 0.416 e. The van der Waals surface area contributed by atoms with Crippen LogP contribution in [0.5, 0.6) is 0 Å². The zero-order valence-corrected chi connectivity index (χ0v) is 14.7. The third-order valence-electron chi connectivity index (χ3n) is 4.37. The zero-order valence-electron chi connectivity index (χ0n) is 14.7. The number of halogens is 3. The number of hydrogen-bond donors (Lipinski definition) is 2. The Morgan fingerprint density at radius 2 is 2.04 bits per heavy atom. The first-order chi connectivity index (χ1) is 12.8. The monoisotopic (exact) mass is 376 g/mol. The lowest BCUT2D eigenvalue weighted by Gasteiger charge is -2.20. The molecule has 27 heavy (non-hydrogen) atoms. The standard InChI is InChI=1S/C19H19F3N4O/c1-12-16(6-8-24-18(12)27)25-26-17-11-14(5-7-23-17)9-13-3-2-4-15(10-13)19(20,21)22/h2-5,7,10-12H,6,8-9H2,1H3,(H,23,26)(H,24,27)/b25-16-. The molecule has 0 spiro atoms. The number of nitrogens with one attached hydrogen (secondary N) is 2. The van der Waals surface area contributed by atoms with Crippen LogP contribution in [0.15, 0.2) is 47.7 Å². The van der Waals surface area contributed by atoms with Gasteiger partial charge in [-0.2, -0.15) is 18.3 Å². The maximum atomic E-state index is 12.8. The summed E-state index contributed by atoms with van der Waals surface area (Å²) in [5.74, 6) is 0.109. The van der Waals surface area contributed by atoms with Gasteiger partial charge in [0, 0.05) is 19.2 Å². The molecule has 0 saturated carbocycles. The van der Waals surface area contributed by atoms with Crippen LogP contribution < -0.4 is 10.7 Å². The van der Waals surface area contributed by atoms with E-state index in [9.17, 15) is 18.0 Å². The van der Waals surface area contributed by atoms with Crippen LogP contribution in [0.3, 0.4) is 0 Å². The number of aromatic nitrogens is 1. The van der Waals surface area contributed by atoms with E-state index >= 15 is 0 Å². The zero-order chi connectivity index (χ0) is 19.4. The van der Waals surface area contributed by atoms with Gasteiger partial charge < -0.3 is 5.32 Å². The fourth-order valence-electron chi connectivity index (χ4n) is 2.86. The summed E-state index contributed by atoms with van der Waals surface area (Å²) in [6.07, 6.45) is -1.79. The van der Waals surface area contributed by atoms with Crippen LogP contribution >= 0.6 is 0 Å². The second-order valence-corrected chi connectivity index (χ2v) is 6.40. The quantitative estimate of drug-likeness (QED) is 0.801. The fraction of sp³-hybridized carbons (Fsp3) is 0.316. The average molecular weight is 376 g/mol. The van der Waals surface area contributed by atoms with E-state index in [0.717, 1.165) is 23.4 Å². The fourth-order valence-corrected chi connectivity index (χ4v) is 2.86. The van der Waals surface area contributed by atoms with E-state index in [1.807, 2.05) is 0 Å². The first-order valence-corrected chi connectivity index (χ1v) is 8.54. The molecule has 142 valence electrons. The van der Waals surface area contributed by atoms with Gasteiger partial charge in [-0.3, -0.25) is 10.2 Å². The van der Waals surface area contributed by atoms with Crippen LogP contribution in [0.1, 0.15) is 30.0 Å². The number of carbonyl (C=O) groups excluding carboxylic acids is 1. The van der Waals surface area contributed by atoms with Crippen molar-refractivity contribution in [2.75, 3.05) is 12.0 Å². The maximum absolute atomic E-state index is 12.8. The Hall–Kier alpha value is -2.90. The number of nitrogens with zero attached hydrogens (tertiary/aromatic N) is 2. The van der Waals surface area contributed by atoms with Crippen molar-refractivity contribution in [1.82, 2.24) is 10.3 Å². The molecule has 1 aromatic heterocycles. The van der Waals surface area contributed by atoms with Gasteiger partial charge in [0.25, 0.3) is 0 Å². The summed E-state index contributed by atoms with van der Waals surface area (Å²) in [4.78, 5) is 15.8. The van der Waals surface area contributed by atoms with Gasteiger partial charge >= 0.3 is 6.18 Å². The first kappa shape index (κ1) is 18.9. The van der Waals surface area contributed by atoms with Gasteiger partial charge in [-0.1, -0.05) is 18.2 Å². The van der Waals surface area contributed by atoms with Crippen LogP contribution in [-0.4, -0.2) is 23.1 Å². The summed E-state index contributed by atoms with van der Waals surface area (Å²) in [5.41, 5.74) is 4.29. The minimum atomic E-state index is -4.36. The smallest absolute Gasteiger partial charge is 0.355 e. The molecule has 1 atom stereocenters. The Bertz CT molecular complexity index is 864. The van der Waals surface area contributed by atoms with E-state index in [-0.39, 0.29) is 11.8 Å². The van der Waals surface area contributed by atoms with Crippen LogP contribution in [0.4, 0.5) is 19.0 Å². The molecule has 3 rings (SSSR count). The highest BCUT2D eigenvalue weighted by atomic mass is 19.4. The highest BCUT2D eigenvalue weighted by Crippen LogP contribution is 2.30. The van der Waals surface area contributed by atoms with Gasteiger partial charge in [-0.15, -0.1) is 0 Å². The van der Waals surface area contributed by atoms with Crippen molar-refractivity contribution in [3.8, 4) is 0 Å². The number of anilines is 1. The van der Waals surface area contributed by atoms with Crippen molar-refractivity contribution >= 4 is 17.4 Å². The summed E-state index contributed by atoms with van der Waals surface area (Å²) in [6, 6.07) is 8.75. The molecule has 1 fully saturated rings. The van der Waals surface area contributed by atoms with Crippen molar-refractivity contribution in [3.63, 3.8) is 0 Å². The molecule has 1 aliphatic rings. The predicted molar refractivity (Wildman–Crippen MR) is 96.3 cm³/mol. The number of benzene rings is 1. The molecule has 2 N–H and O–H groups in total. The van der Waals surface area contributed by atoms with Gasteiger partial charge in [-0.25, -0.2) is 4.98 Å². The molecule has 0 radical (unpaired) electrons. The lowest BCUT2D eigenvalue weighted by molar-refractivity contribution is -0.137. The van der Waals surface area contributed by atoms with Gasteiger partial charge in [0.2, 0.25) is 5.91 Å². The number of rotatable bonds is 4. The van der Waals surface area contributed by atoms with Crippen molar-refractivity contribution in [1.29, 1.82) is 0 Å². The van der Waals surface area contributed by atoms with E-state index in [4.69, 9.17) is 0 Å². The minimum Gasteiger partial charge on any atom is -0.355 e. The number of hydrazone groups is 1. The molecule has 1 unspecified atom stereocenters. The van der Waals surface area contributed by atoms with Gasteiger partial charge in [0.05, 0.1) is 17.2 Å². The summed E-state index contributed by atoms with van der Waals surface area (Å²) >= 11 is 0. The summed E-state index contributed by atoms with van der Waals surface area (Å²) in [6.45, 7) is 2.33. The molecule has 0 aliphatic carbocycles. The molecule has 2 aromatic rings. The van der Waals surface area contributed by atoms with Crippen LogP contribution in [0.25, 0.3) is 0 Å². The highest BCUT2D eigenvalue weighted by molar-refractivity contribution is 6.06. The molecule has 2 heterocycles. The number of hydrogen-bond acceptors (Lipinski definition) is 4. The second-order valence-electron chi connectivity index (χ2n) is 6.40. The summed E-state index contributed by atoms with van der Waals surface area (Å²) in [7, 11) is 0. The molecular weight excluding hydrogens is 357 g/mol. The molecule has 1 amide bonds. The summed E-state index contributed by atoms with van der Waals surface area (Å²) in [5, 5.41) is 7.04. The average Bonchev–Trinajstić information content (AvgIpc) is 2.63. The number of pyridine rings is 1. The molecular formula is C19H19F3N4O. The predicted octanol–water partition coefficient (Wildman–Crippen LogP) is 3.62. The maximum Gasteiger partial charge on any atom is 0.416 e. The van der Waals surface area contributed by atoms with E-state index in [1.54, 1.807) is 31.3 Å². The van der Waals surface area contributed by atoms with E-state index < -0.39 is 11.7 Å². The normalized spacial score (nSPS) is 19.0. The number of piperidine rings is 1. The van der Waals surface area contributed by atoms with Crippen molar-refractivity contribution in [3.05, 3.63) is 59.3 Å². The van der Waals surface area contributed by atoms with Crippen LogP contribution in [-0.2, 0) is 17.4 Å².